The molecule has 1 aromatic carbocycles. The van der Waals surface area contributed by atoms with Crippen molar-refractivity contribution in [2.75, 3.05) is 19.8 Å². The van der Waals surface area contributed by atoms with Crippen LogP contribution in [-0.2, 0) is 25.5 Å². The number of esters is 1. The fourth-order valence-electron chi connectivity index (χ4n) is 4.88. The van der Waals surface area contributed by atoms with Crippen molar-refractivity contribution >= 4 is 17.8 Å². The lowest BCUT2D eigenvalue weighted by Crippen LogP contribution is -2.50. The summed E-state index contributed by atoms with van der Waals surface area (Å²) in [7, 11) is 0. The topological polar surface area (TPSA) is 105 Å². The summed E-state index contributed by atoms with van der Waals surface area (Å²) in [6.07, 6.45) is 11.1. The number of ether oxygens (including phenoxy) is 1. The molecule has 2 amide bonds. The fourth-order valence-corrected chi connectivity index (χ4v) is 4.88. The highest BCUT2D eigenvalue weighted by Gasteiger charge is 2.35. The van der Waals surface area contributed by atoms with Crippen LogP contribution in [0.25, 0.3) is 0 Å². The summed E-state index contributed by atoms with van der Waals surface area (Å²) >= 11 is 0. The van der Waals surface area contributed by atoms with E-state index >= 15 is 0 Å². The van der Waals surface area contributed by atoms with E-state index in [9.17, 15) is 19.5 Å². The Morgan fingerprint density at radius 2 is 1.85 bits per heavy atom. The van der Waals surface area contributed by atoms with Gasteiger partial charge >= 0.3 is 5.97 Å². The van der Waals surface area contributed by atoms with E-state index in [2.05, 4.69) is 10.6 Å². The van der Waals surface area contributed by atoms with Gasteiger partial charge in [-0.2, -0.15) is 0 Å². The van der Waals surface area contributed by atoms with Gasteiger partial charge in [0.25, 0.3) is 0 Å². The van der Waals surface area contributed by atoms with Crippen LogP contribution < -0.4 is 10.6 Å². The number of amides is 2. The molecule has 0 bridgehead atoms. The number of carbonyl (C=O) groups is 3. The van der Waals surface area contributed by atoms with Crippen LogP contribution in [-0.4, -0.2) is 48.2 Å². The first-order valence-electron chi connectivity index (χ1n) is 12.6. The molecule has 7 nitrogen and oxygen atoms in total. The first-order chi connectivity index (χ1) is 16.5. The SMILES string of the molecule is O=C(CC1CC=CCCCC(Cc2ccccc2)C(=O)OCCNC1=O)NC1(CO)CCCC1. The molecule has 2 aliphatic rings. The zero-order valence-corrected chi connectivity index (χ0v) is 20.0. The summed E-state index contributed by atoms with van der Waals surface area (Å²) in [5.41, 5.74) is 0.561. The number of rotatable bonds is 6. The number of benzene rings is 1. The number of carbonyl (C=O) groups excluding carboxylic acids is 3. The molecule has 0 spiro atoms. The van der Waals surface area contributed by atoms with Crippen molar-refractivity contribution in [1.82, 2.24) is 10.6 Å². The first kappa shape index (κ1) is 25.9. The number of aliphatic hydroxyl groups is 1. The third kappa shape index (κ3) is 7.97. The predicted octanol–water partition coefficient (Wildman–Crippen LogP) is 3.06. The minimum Gasteiger partial charge on any atom is -0.464 e. The second-order valence-corrected chi connectivity index (χ2v) is 9.58. The zero-order valence-electron chi connectivity index (χ0n) is 20.0. The monoisotopic (exact) mass is 470 g/mol. The lowest BCUT2D eigenvalue weighted by molar-refractivity contribution is -0.149. The van der Waals surface area contributed by atoms with Gasteiger partial charge in [-0.15, -0.1) is 0 Å². The quantitative estimate of drug-likeness (QED) is 0.438. The third-order valence-electron chi connectivity index (χ3n) is 6.89. The number of hydrogen-bond donors (Lipinski definition) is 3. The van der Waals surface area contributed by atoms with E-state index in [0.29, 0.717) is 12.8 Å². The van der Waals surface area contributed by atoms with E-state index < -0.39 is 11.5 Å². The van der Waals surface area contributed by atoms with E-state index in [0.717, 1.165) is 50.5 Å². The second kappa shape index (κ2) is 13.3. The average molecular weight is 471 g/mol. The minimum absolute atomic E-state index is 0.0663. The maximum absolute atomic E-state index is 12.8. The lowest BCUT2D eigenvalue weighted by Gasteiger charge is -2.28. The lowest BCUT2D eigenvalue weighted by atomic mass is 9.93. The van der Waals surface area contributed by atoms with Gasteiger partial charge in [0.15, 0.2) is 0 Å². The first-order valence-corrected chi connectivity index (χ1v) is 12.6. The van der Waals surface area contributed by atoms with E-state index in [1.807, 2.05) is 42.5 Å². The largest absolute Gasteiger partial charge is 0.464 e. The van der Waals surface area contributed by atoms with Crippen molar-refractivity contribution in [3.05, 3.63) is 48.0 Å². The van der Waals surface area contributed by atoms with Crippen LogP contribution in [0.4, 0.5) is 0 Å². The number of allylic oxidation sites excluding steroid dienone is 2. The van der Waals surface area contributed by atoms with E-state index in [4.69, 9.17) is 4.74 Å². The molecule has 1 saturated carbocycles. The van der Waals surface area contributed by atoms with Crippen molar-refractivity contribution in [2.45, 2.75) is 69.7 Å². The van der Waals surface area contributed by atoms with Crippen molar-refractivity contribution in [2.24, 2.45) is 11.8 Å². The Hall–Kier alpha value is -2.67. The molecule has 7 heteroatoms. The molecule has 1 heterocycles. The molecule has 1 fully saturated rings. The predicted molar refractivity (Wildman–Crippen MR) is 130 cm³/mol. The van der Waals surface area contributed by atoms with Gasteiger partial charge in [0.2, 0.25) is 11.8 Å². The number of hydrogen-bond acceptors (Lipinski definition) is 5. The number of cyclic esters (lactones) is 1. The van der Waals surface area contributed by atoms with Crippen molar-refractivity contribution in [1.29, 1.82) is 0 Å². The van der Waals surface area contributed by atoms with Gasteiger partial charge in [-0.3, -0.25) is 14.4 Å². The summed E-state index contributed by atoms with van der Waals surface area (Å²) in [6.45, 7) is 0.245. The third-order valence-corrected chi connectivity index (χ3v) is 6.89. The van der Waals surface area contributed by atoms with Crippen LogP contribution in [0.5, 0.6) is 0 Å². The molecule has 34 heavy (non-hydrogen) atoms. The fraction of sp³-hybridized carbons (Fsp3) is 0.593. The Labute approximate surface area is 202 Å². The Kier molecular flexibility index (Phi) is 10.1. The highest BCUT2D eigenvalue weighted by molar-refractivity contribution is 5.86. The summed E-state index contributed by atoms with van der Waals surface area (Å²) < 4.78 is 5.47. The highest BCUT2D eigenvalue weighted by atomic mass is 16.5. The van der Waals surface area contributed by atoms with Gasteiger partial charge < -0.3 is 20.5 Å². The van der Waals surface area contributed by atoms with E-state index in [1.165, 1.54) is 0 Å². The Balaban J connectivity index is 1.57. The van der Waals surface area contributed by atoms with Gasteiger partial charge in [0, 0.05) is 6.42 Å². The Morgan fingerprint density at radius 1 is 1.09 bits per heavy atom. The molecule has 2 unspecified atom stereocenters. The maximum Gasteiger partial charge on any atom is 0.309 e. The molecule has 1 aliphatic carbocycles. The Bertz CT molecular complexity index is 833. The zero-order chi connectivity index (χ0) is 24.2. The van der Waals surface area contributed by atoms with Gasteiger partial charge in [0.05, 0.1) is 30.5 Å². The molecule has 1 aromatic rings. The van der Waals surface area contributed by atoms with Gasteiger partial charge in [0.1, 0.15) is 6.61 Å². The van der Waals surface area contributed by atoms with Gasteiger partial charge in [-0.05, 0) is 50.5 Å². The van der Waals surface area contributed by atoms with Crippen LogP contribution in [0.15, 0.2) is 42.5 Å². The second-order valence-electron chi connectivity index (χ2n) is 9.58. The molecule has 2 atom stereocenters. The smallest absolute Gasteiger partial charge is 0.309 e. The molecule has 0 saturated heterocycles. The standard InChI is InChI=1S/C27H38N2O5/c30-20-27(14-8-9-15-27)29-24(31)19-22-12-6-1-2-7-13-23(18-21-10-4-3-5-11-21)26(33)34-17-16-28-25(22)32/h1,3-6,10-11,22-23,30H,2,7-9,12-20H2,(H,28,32)(H,29,31). The molecule has 3 N–H and O–H groups in total. The van der Waals surface area contributed by atoms with Crippen LogP contribution in [0.2, 0.25) is 0 Å². The molecule has 186 valence electrons. The van der Waals surface area contributed by atoms with Crippen LogP contribution in [0.1, 0.15) is 63.4 Å². The summed E-state index contributed by atoms with van der Waals surface area (Å²) in [5.74, 6) is -1.38. The number of nitrogens with one attached hydrogen (secondary N) is 2. The summed E-state index contributed by atoms with van der Waals surface area (Å²) in [4.78, 5) is 38.1. The van der Waals surface area contributed by atoms with Gasteiger partial charge in [-0.25, -0.2) is 0 Å². The van der Waals surface area contributed by atoms with Crippen molar-refractivity contribution < 1.29 is 24.2 Å². The minimum atomic E-state index is -0.546. The maximum atomic E-state index is 12.8. The average Bonchev–Trinajstić information content (AvgIpc) is 3.31. The van der Waals surface area contributed by atoms with E-state index in [-0.39, 0.29) is 49.9 Å². The molecule has 1 aliphatic heterocycles. The Morgan fingerprint density at radius 3 is 2.59 bits per heavy atom. The molecule has 3 rings (SSSR count). The molecule has 0 aromatic heterocycles. The van der Waals surface area contributed by atoms with Gasteiger partial charge in [-0.1, -0.05) is 55.3 Å². The van der Waals surface area contributed by atoms with Crippen molar-refractivity contribution in [3.63, 3.8) is 0 Å². The molecular formula is C27H38N2O5. The van der Waals surface area contributed by atoms with Crippen LogP contribution in [0, 0.1) is 11.8 Å². The summed E-state index contributed by atoms with van der Waals surface area (Å²) in [5, 5.41) is 15.6. The normalized spacial score (nSPS) is 24.0. The van der Waals surface area contributed by atoms with Crippen LogP contribution >= 0.6 is 0 Å². The summed E-state index contributed by atoms with van der Waals surface area (Å²) in [6, 6.07) is 9.93. The van der Waals surface area contributed by atoms with E-state index in [1.54, 1.807) is 0 Å². The van der Waals surface area contributed by atoms with Crippen molar-refractivity contribution in [3.8, 4) is 0 Å². The highest BCUT2D eigenvalue weighted by Crippen LogP contribution is 2.29. The molecule has 0 radical (unpaired) electrons. The number of aliphatic hydroxyl groups excluding tert-OH is 1. The molecular weight excluding hydrogens is 432 g/mol. The van der Waals surface area contributed by atoms with Crippen LogP contribution in [0.3, 0.4) is 0 Å².